The lowest BCUT2D eigenvalue weighted by molar-refractivity contribution is -0.136. The van der Waals surface area contributed by atoms with E-state index in [4.69, 9.17) is 4.74 Å². The number of amides is 2. The van der Waals surface area contributed by atoms with Gasteiger partial charge in [-0.05, 0) is 50.3 Å². The number of hydrogen-bond donors (Lipinski definition) is 3. The van der Waals surface area contributed by atoms with Gasteiger partial charge in [0.2, 0.25) is 0 Å². The molecule has 0 bridgehead atoms. The van der Waals surface area contributed by atoms with Crippen molar-refractivity contribution in [3.8, 4) is 5.75 Å². The van der Waals surface area contributed by atoms with Crippen LogP contribution in [0.3, 0.4) is 0 Å². The maximum atomic E-state index is 12.3. The fourth-order valence-corrected chi connectivity index (χ4v) is 4.43. The number of methoxy groups -OCH3 is 1. The molecular formula is C20H21N3O5S. The number of thiophene rings is 1. The molecule has 2 aromatic rings. The van der Waals surface area contributed by atoms with Gasteiger partial charge in [-0.15, -0.1) is 11.3 Å². The van der Waals surface area contributed by atoms with Crippen molar-refractivity contribution >= 4 is 39.8 Å². The highest BCUT2D eigenvalue weighted by molar-refractivity contribution is 7.17. The van der Waals surface area contributed by atoms with E-state index in [-0.39, 0.29) is 5.75 Å². The molecule has 0 aliphatic heterocycles. The zero-order valence-corrected chi connectivity index (χ0v) is 16.9. The van der Waals surface area contributed by atoms with Gasteiger partial charge >= 0.3 is 17.8 Å². The predicted octanol–water partition coefficient (Wildman–Crippen LogP) is 2.60. The van der Waals surface area contributed by atoms with Crippen LogP contribution in [0.4, 0.5) is 5.00 Å². The van der Waals surface area contributed by atoms with Crippen LogP contribution in [0, 0.1) is 0 Å². The number of para-hydroxylation sites is 1. The van der Waals surface area contributed by atoms with Crippen molar-refractivity contribution in [1.82, 2.24) is 5.43 Å². The third-order valence-electron chi connectivity index (χ3n) is 4.61. The number of hydrazone groups is 1. The third-order valence-corrected chi connectivity index (χ3v) is 5.82. The number of nitrogens with one attached hydrogen (secondary N) is 2. The highest BCUT2D eigenvalue weighted by atomic mass is 32.1. The van der Waals surface area contributed by atoms with Crippen LogP contribution in [0.1, 0.15) is 46.1 Å². The number of ether oxygens (including phenoxy) is 1. The lowest BCUT2D eigenvalue weighted by Crippen LogP contribution is -2.33. The smallest absolute Gasteiger partial charge is 0.341 e. The molecule has 0 spiro atoms. The lowest BCUT2D eigenvalue weighted by atomic mass is 9.95. The molecule has 1 aliphatic carbocycles. The number of phenols is 1. The van der Waals surface area contributed by atoms with Crippen molar-refractivity contribution < 1.29 is 24.2 Å². The third kappa shape index (κ3) is 4.45. The molecule has 2 amide bonds. The van der Waals surface area contributed by atoms with Gasteiger partial charge in [0.15, 0.2) is 0 Å². The van der Waals surface area contributed by atoms with Crippen molar-refractivity contribution in [1.29, 1.82) is 0 Å². The van der Waals surface area contributed by atoms with Gasteiger partial charge in [-0.1, -0.05) is 12.1 Å². The highest BCUT2D eigenvalue weighted by Crippen LogP contribution is 2.38. The normalized spacial score (nSPS) is 13.4. The van der Waals surface area contributed by atoms with Gasteiger partial charge in [0, 0.05) is 10.4 Å². The monoisotopic (exact) mass is 415 g/mol. The van der Waals surface area contributed by atoms with E-state index in [0.29, 0.717) is 21.8 Å². The molecule has 0 saturated carbocycles. The van der Waals surface area contributed by atoms with Crippen LogP contribution in [0.15, 0.2) is 29.4 Å². The molecule has 0 saturated heterocycles. The lowest BCUT2D eigenvalue weighted by Gasteiger charge is -2.11. The minimum Gasteiger partial charge on any atom is -0.507 e. The molecule has 0 atom stereocenters. The molecule has 1 heterocycles. The first kappa shape index (κ1) is 20.5. The maximum Gasteiger partial charge on any atom is 0.341 e. The molecule has 0 fully saturated rings. The number of aromatic hydroxyl groups is 1. The van der Waals surface area contributed by atoms with Crippen molar-refractivity contribution in [3.05, 3.63) is 45.8 Å². The molecule has 0 unspecified atom stereocenters. The van der Waals surface area contributed by atoms with Crippen molar-refractivity contribution in [2.75, 3.05) is 12.4 Å². The summed E-state index contributed by atoms with van der Waals surface area (Å²) < 4.78 is 4.85. The van der Waals surface area contributed by atoms with Crippen LogP contribution in [0.25, 0.3) is 0 Å². The summed E-state index contributed by atoms with van der Waals surface area (Å²) in [6, 6.07) is 6.52. The van der Waals surface area contributed by atoms with Crippen molar-refractivity contribution in [2.45, 2.75) is 32.6 Å². The average Bonchev–Trinajstić information content (AvgIpc) is 3.09. The Labute approximate surface area is 171 Å². The Morgan fingerprint density at radius 1 is 1.14 bits per heavy atom. The van der Waals surface area contributed by atoms with Gasteiger partial charge < -0.3 is 15.2 Å². The fraction of sp³-hybridized carbons (Fsp3) is 0.300. The van der Waals surface area contributed by atoms with E-state index < -0.39 is 17.8 Å². The van der Waals surface area contributed by atoms with Crippen LogP contribution in [-0.4, -0.2) is 35.7 Å². The van der Waals surface area contributed by atoms with E-state index in [1.165, 1.54) is 24.5 Å². The van der Waals surface area contributed by atoms with Gasteiger partial charge in [0.25, 0.3) is 0 Å². The quantitative estimate of drug-likeness (QED) is 0.307. The largest absolute Gasteiger partial charge is 0.507 e. The number of carbonyl (C=O) groups is 3. The number of nitrogens with zero attached hydrogens (tertiary/aromatic N) is 1. The number of anilines is 1. The van der Waals surface area contributed by atoms with Crippen LogP contribution >= 0.6 is 11.3 Å². The van der Waals surface area contributed by atoms with Crippen LogP contribution in [0.2, 0.25) is 0 Å². The first-order chi connectivity index (χ1) is 13.9. The standard InChI is InChI=1S/C20H21N3O5S/c1-11(12-7-3-5-9-14(12)24)22-23-18(26)17(25)21-19-16(20(27)28-2)13-8-4-6-10-15(13)29-19/h3,5,7,9,24H,4,6,8,10H2,1-2H3,(H,21,25)(H,23,26)/b22-11+. The minimum atomic E-state index is -0.984. The number of aryl methyl sites for hydroxylation is 1. The van der Waals surface area contributed by atoms with Crippen LogP contribution in [0.5, 0.6) is 5.75 Å². The Kier molecular flexibility index (Phi) is 6.28. The van der Waals surface area contributed by atoms with E-state index in [0.717, 1.165) is 36.1 Å². The molecule has 1 aromatic heterocycles. The number of benzene rings is 1. The zero-order valence-electron chi connectivity index (χ0n) is 16.1. The summed E-state index contributed by atoms with van der Waals surface area (Å²) in [4.78, 5) is 37.7. The SMILES string of the molecule is COC(=O)c1c(NC(=O)C(=O)N/N=C(\C)c2ccccc2O)sc2c1CCCC2. The number of hydrogen-bond acceptors (Lipinski definition) is 7. The Morgan fingerprint density at radius 2 is 1.86 bits per heavy atom. The van der Waals surface area contributed by atoms with E-state index in [2.05, 4.69) is 15.8 Å². The Bertz CT molecular complexity index is 996. The van der Waals surface area contributed by atoms with Gasteiger partial charge in [-0.2, -0.15) is 5.10 Å². The summed E-state index contributed by atoms with van der Waals surface area (Å²) in [5, 5.41) is 16.5. The second kappa shape index (κ2) is 8.87. The second-order valence-corrected chi connectivity index (χ2v) is 7.62. The van der Waals surface area contributed by atoms with E-state index >= 15 is 0 Å². The van der Waals surface area contributed by atoms with E-state index in [1.807, 2.05) is 0 Å². The van der Waals surface area contributed by atoms with Gasteiger partial charge in [0.1, 0.15) is 10.8 Å². The topological polar surface area (TPSA) is 117 Å². The Balaban J connectivity index is 1.74. The average molecular weight is 415 g/mol. The Hall–Kier alpha value is -3.20. The van der Waals surface area contributed by atoms with Gasteiger partial charge in [-0.3, -0.25) is 9.59 Å². The molecule has 3 N–H and O–H groups in total. The molecule has 0 radical (unpaired) electrons. The molecule has 3 rings (SSSR count). The van der Waals surface area contributed by atoms with Crippen LogP contribution < -0.4 is 10.7 Å². The minimum absolute atomic E-state index is 0.0133. The predicted molar refractivity (Wildman–Crippen MR) is 109 cm³/mol. The fourth-order valence-electron chi connectivity index (χ4n) is 3.16. The number of phenolic OH excluding ortho intramolecular Hbond substituents is 1. The summed E-state index contributed by atoms with van der Waals surface area (Å²) >= 11 is 1.29. The van der Waals surface area contributed by atoms with Gasteiger partial charge in [-0.25, -0.2) is 10.2 Å². The van der Waals surface area contributed by atoms with Gasteiger partial charge in [0.05, 0.1) is 18.4 Å². The highest BCUT2D eigenvalue weighted by Gasteiger charge is 2.28. The zero-order chi connectivity index (χ0) is 21.0. The number of fused-ring (bicyclic) bond motifs is 1. The summed E-state index contributed by atoms with van der Waals surface area (Å²) in [7, 11) is 1.28. The number of carbonyl (C=O) groups excluding carboxylic acids is 3. The van der Waals surface area contributed by atoms with Crippen molar-refractivity contribution in [3.63, 3.8) is 0 Å². The molecule has 8 nitrogen and oxygen atoms in total. The number of esters is 1. The molecule has 1 aromatic carbocycles. The first-order valence-corrected chi connectivity index (χ1v) is 9.90. The molecule has 29 heavy (non-hydrogen) atoms. The summed E-state index contributed by atoms with van der Waals surface area (Å²) in [5.74, 6) is -2.45. The summed E-state index contributed by atoms with van der Waals surface area (Å²) in [6.07, 6.45) is 3.54. The molecule has 152 valence electrons. The molecule has 1 aliphatic rings. The van der Waals surface area contributed by atoms with E-state index in [9.17, 15) is 19.5 Å². The second-order valence-electron chi connectivity index (χ2n) is 6.52. The first-order valence-electron chi connectivity index (χ1n) is 9.09. The van der Waals surface area contributed by atoms with E-state index in [1.54, 1.807) is 25.1 Å². The van der Waals surface area contributed by atoms with Crippen molar-refractivity contribution in [2.24, 2.45) is 5.10 Å². The molecular weight excluding hydrogens is 394 g/mol. The summed E-state index contributed by atoms with van der Waals surface area (Å²) in [6.45, 7) is 1.59. The van der Waals surface area contributed by atoms with Crippen LogP contribution in [-0.2, 0) is 27.2 Å². The molecule has 9 heteroatoms. The Morgan fingerprint density at radius 3 is 2.59 bits per heavy atom. The number of rotatable bonds is 4. The maximum absolute atomic E-state index is 12.3. The summed E-state index contributed by atoms with van der Waals surface area (Å²) in [5.41, 5.74) is 4.15.